The van der Waals surface area contributed by atoms with Gasteiger partial charge in [0.25, 0.3) is 0 Å². The fraction of sp³-hybridized carbons (Fsp3) is 0.250. The summed E-state index contributed by atoms with van der Waals surface area (Å²) in [7, 11) is 0. The predicted molar refractivity (Wildman–Crippen MR) is 124 cm³/mol. The van der Waals surface area contributed by atoms with Crippen molar-refractivity contribution in [3.63, 3.8) is 0 Å². The molecule has 0 radical (unpaired) electrons. The van der Waals surface area contributed by atoms with E-state index in [1.807, 2.05) is 24.3 Å². The lowest BCUT2D eigenvalue weighted by Crippen LogP contribution is -2.48. The van der Waals surface area contributed by atoms with E-state index >= 15 is 0 Å². The maximum Gasteiger partial charge on any atom is 0.116 e. The van der Waals surface area contributed by atoms with Crippen molar-refractivity contribution in [2.75, 3.05) is 0 Å². The van der Waals surface area contributed by atoms with Crippen molar-refractivity contribution in [3.8, 4) is 33.8 Å². The molecule has 4 aromatic rings. The molecule has 2 atom stereocenters. The first-order chi connectivity index (χ1) is 15.0. The van der Waals surface area contributed by atoms with Gasteiger partial charge >= 0.3 is 0 Å². The minimum Gasteiger partial charge on any atom is -0.508 e. The quantitative estimate of drug-likeness (QED) is 0.416. The molecule has 3 aliphatic carbocycles. The Morgan fingerprint density at radius 1 is 0.903 bits per heavy atom. The van der Waals surface area contributed by atoms with E-state index in [1.54, 1.807) is 6.07 Å². The number of aromatic nitrogens is 2. The Morgan fingerprint density at radius 3 is 2.32 bits per heavy atom. The molecular formula is C28H26N2O. The average Bonchev–Trinajstić information content (AvgIpc) is 3.19. The lowest BCUT2D eigenvalue weighted by atomic mass is 9.48. The van der Waals surface area contributed by atoms with Crippen LogP contribution in [0.1, 0.15) is 37.4 Å². The third-order valence-corrected chi connectivity index (χ3v) is 7.61. The van der Waals surface area contributed by atoms with Crippen LogP contribution < -0.4 is 0 Å². The van der Waals surface area contributed by atoms with Crippen molar-refractivity contribution in [2.45, 2.75) is 32.6 Å². The maximum absolute atomic E-state index is 10.5. The van der Waals surface area contributed by atoms with Crippen molar-refractivity contribution in [2.24, 2.45) is 11.3 Å². The van der Waals surface area contributed by atoms with E-state index in [4.69, 9.17) is 5.10 Å². The molecule has 0 aliphatic heterocycles. The minimum absolute atomic E-state index is 0.283. The van der Waals surface area contributed by atoms with Crippen molar-refractivity contribution in [1.29, 1.82) is 0 Å². The molecule has 0 spiro atoms. The summed E-state index contributed by atoms with van der Waals surface area (Å²) in [5.41, 5.74) is 8.40. The van der Waals surface area contributed by atoms with E-state index in [1.165, 1.54) is 17.7 Å². The third kappa shape index (κ3) is 2.69. The second-order valence-electron chi connectivity index (χ2n) is 9.57. The van der Waals surface area contributed by atoms with E-state index in [-0.39, 0.29) is 5.75 Å². The van der Waals surface area contributed by atoms with Crippen molar-refractivity contribution < 1.29 is 5.11 Å². The lowest BCUT2D eigenvalue weighted by Gasteiger charge is -2.55. The standard InChI is InChI=1S/C28H26N2O/c1-28(2)19-15-24-26(25(28)16-19)29-30(20-11-7-4-8-12-20)27(24)23-17-21(31)13-14-22(23)18-9-5-3-6-10-18/h3-14,17,19,25,31H,15-16H2,1-2H3. The molecule has 2 unspecified atom stereocenters. The van der Waals surface area contributed by atoms with Gasteiger partial charge < -0.3 is 5.11 Å². The fourth-order valence-corrected chi connectivity index (χ4v) is 5.65. The summed E-state index contributed by atoms with van der Waals surface area (Å²) < 4.78 is 2.11. The van der Waals surface area contributed by atoms with Gasteiger partial charge in [-0.3, -0.25) is 0 Å². The molecule has 3 aromatic carbocycles. The number of hydrogen-bond donors (Lipinski definition) is 1. The van der Waals surface area contributed by atoms with Crippen LogP contribution in [-0.2, 0) is 6.42 Å². The molecule has 2 bridgehead atoms. The van der Waals surface area contributed by atoms with Crippen LogP contribution in [0, 0.1) is 11.3 Å². The lowest BCUT2D eigenvalue weighted by molar-refractivity contribution is 0.0163. The molecule has 7 rings (SSSR count). The zero-order chi connectivity index (χ0) is 21.2. The van der Waals surface area contributed by atoms with E-state index in [0.717, 1.165) is 34.5 Å². The number of benzene rings is 3. The van der Waals surface area contributed by atoms with Crippen LogP contribution in [0.2, 0.25) is 0 Å². The number of para-hydroxylation sites is 1. The summed E-state index contributed by atoms with van der Waals surface area (Å²) in [6, 6.07) is 26.5. The molecule has 3 nitrogen and oxygen atoms in total. The molecule has 1 saturated carbocycles. The zero-order valence-corrected chi connectivity index (χ0v) is 17.9. The van der Waals surface area contributed by atoms with Gasteiger partial charge in [-0.25, -0.2) is 4.68 Å². The molecular weight excluding hydrogens is 380 g/mol. The average molecular weight is 407 g/mol. The molecule has 3 aliphatic rings. The Bertz CT molecular complexity index is 1270. The van der Waals surface area contributed by atoms with E-state index in [0.29, 0.717) is 17.3 Å². The molecule has 1 fully saturated rings. The molecule has 31 heavy (non-hydrogen) atoms. The second kappa shape index (κ2) is 6.58. The van der Waals surface area contributed by atoms with Crippen molar-refractivity contribution >= 4 is 0 Å². The number of rotatable bonds is 3. The number of phenolic OH excluding ortho intramolecular Hbond substituents is 1. The van der Waals surface area contributed by atoms with Gasteiger partial charge in [0.05, 0.1) is 17.1 Å². The summed E-state index contributed by atoms with van der Waals surface area (Å²) in [6.07, 6.45) is 2.28. The SMILES string of the molecule is CC1(C)C2Cc3c(nn(-c4ccccc4)c3-c3cc(O)ccc3-c3ccccc3)C1C2. The van der Waals surface area contributed by atoms with Gasteiger partial charge in [-0.1, -0.05) is 68.4 Å². The Morgan fingerprint density at radius 2 is 1.61 bits per heavy atom. The molecule has 1 heterocycles. The van der Waals surface area contributed by atoms with E-state index in [2.05, 4.69) is 67.1 Å². The van der Waals surface area contributed by atoms with Crippen LogP contribution in [0.15, 0.2) is 78.9 Å². The molecule has 0 amide bonds. The minimum atomic E-state index is 0.283. The van der Waals surface area contributed by atoms with Crippen LogP contribution in [0.4, 0.5) is 0 Å². The van der Waals surface area contributed by atoms with Crippen LogP contribution in [-0.4, -0.2) is 14.9 Å². The molecule has 1 N–H and O–H groups in total. The van der Waals surface area contributed by atoms with Crippen molar-refractivity contribution in [3.05, 3.63) is 90.1 Å². The van der Waals surface area contributed by atoms with Crippen LogP contribution in [0.3, 0.4) is 0 Å². The van der Waals surface area contributed by atoms with Crippen LogP contribution in [0.5, 0.6) is 5.75 Å². The highest BCUT2D eigenvalue weighted by atomic mass is 16.3. The van der Waals surface area contributed by atoms with E-state index in [9.17, 15) is 5.11 Å². The van der Waals surface area contributed by atoms with Gasteiger partial charge in [0.15, 0.2) is 0 Å². The smallest absolute Gasteiger partial charge is 0.116 e. The highest BCUT2D eigenvalue weighted by Gasteiger charge is 2.54. The number of nitrogens with zero attached hydrogens (tertiary/aromatic N) is 2. The number of aromatic hydroxyl groups is 1. The Labute approximate surface area is 183 Å². The first-order valence-corrected chi connectivity index (χ1v) is 11.1. The largest absolute Gasteiger partial charge is 0.508 e. The first kappa shape index (κ1) is 18.4. The monoisotopic (exact) mass is 406 g/mol. The Kier molecular flexibility index (Phi) is 3.92. The van der Waals surface area contributed by atoms with E-state index < -0.39 is 0 Å². The van der Waals surface area contributed by atoms with Gasteiger partial charge in [0.2, 0.25) is 0 Å². The molecule has 1 aromatic heterocycles. The second-order valence-corrected chi connectivity index (χ2v) is 9.57. The highest BCUT2D eigenvalue weighted by Crippen LogP contribution is 2.63. The van der Waals surface area contributed by atoms with Gasteiger partial charge in [-0.2, -0.15) is 5.10 Å². The highest BCUT2D eigenvalue weighted by molar-refractivity contribution is 5.85. The fourth-order valence-electron chi connectivity index (χ4n) is 5.65. The molecule has 154 valence electrons. The normalized spacial score (nSPS) is 20.7. The number of hydrogen-bond acceptors (Lipinski definition) is 2. The summed E-state index contributed by atoms with van der Waals surface area (Å²) in [5, 5.41) is 15.7. The van der Waals surface area contributed by atoms with Gasteiger partial charge in [0, 0.05) is 17.0 Å². The number of phenols is 1. The Balaban J connectivity index is 1.65. The summed E-state index contributed by atoms with van der Waals surface area (Å²) in [6.45, 7) is 4.78. The maximum atomic E-state index is 10.5. The van der Waals surface area contributed by atoms with Crippen LogP contribution >= 0.6 is 0 Å². The summed E-state index contributed by atoms with van der Waals surface area (Å²) in [5.74, 6) is 1.47. The van der Waals surface area contributed by atoms with Gasteiger partial charge in [0.1, 0.15) is 5.75 Å². The van der Waals surface area contributed by atoms with Crippen molar-refractivity contribution in [1.82, 2.24) is 9.78 Å². The first-order valence-electron chi connectivity index (χ1n) is 11.1. The summed E-state index contributed by atoms with van der Waals surface area (Å²) >= 11 is 0. The topological polar surface area (TPSA) is 38.0 Å². The summed E-state index contributed by atoms with van der Waals surface area (Å²) in [4.78, 5) is 0. The molecule has 0 saturated heterocycles. The van der Waals surface area contributed by atoms with Gasteiger partial charge in [-0.05, 0) is 59.6 Å². The molecule has 3 heteroatoms. The van der Waals surface area contributed by atoms with Gasteiger partial charge in [-0.15, -0.1) is 0 Å². The zero-order valence-electron chi connectivity index (χ0n) is 17.9. The predicted octanol–water partition coefficient (Wildman–Crippen LogP) is 6.60. The Hall–Kier alpha value is -3.33. The third-order valence-electron chi connectivity index (χ3n) is 7.61. The van der Waals surface area contributed by atoms with Crippen LogP contribution in [0.25, 0.3) is 28.1 Å².